The van der Waals surface area contributed by atoms with E-state index in [1.165, 1.54) is 12.5 Å². The van der Waals surface area contributed by atoms with Crippen LogP contribution in [0.25, 0.3) is 0 Å². The van der Waals surface area contributed by atoms with Gasteiger partial charge in [0.25, 0.3) is 0 Å². The Morgan fingerprint density at radius 2 is 2.05 bits per heavy atom. The van der Waals surface area contributed by atoms with Gasteiger partial charge in [-0.2, -0.15) is 0 Å². The van der Waals surface area contributed by atoms with Gasteiger partial charge >= 0.3 is 0 Å². The summed E-state index contributed by atoms with van der Waals surface area (Å²) < 4.78 is 27.1. The van der Waals surface area contributed by atoms with E-state index in [1.54, 1.807) is 12.1 Å². The van der Waals surface area contributed by atoms with Crippen molar-refractivity contribution in [3.63, 3.8) is 0 Å². The molecule has 2 rings (SSSR count). The molecule has 0 aliphatic heterocycles. The van der Waals surface area contributed by atoms with Crippen molar-refractivity contribution in [2.24, 2.45) is 11.8 Å². The maximum Gasteiger partial charge on any atom is 0.240 e. The lowest BCUT2D eigenvalue weighted by Gasteiger charge is -2.12. The minimum absolute atomic E-state index is 0.260. The van der Waals surface area contributed by atoms with Gasteiger partial charge in [-0.05, 0) is 55.4 Å². The smallest absolute Gasteiger partial charge is 0.240 e. The summed E-state index contributed by atoms with van der Waals surface area (Å²) >= 11 is 0. The third kappa shape index (κ3) is 3.70. The Morgan fingerprint density at radius 3 is 2.63 bits per heavy atom. The average Bonchev–Trinajstić information content (AvgIpc) is 2.71. The monoisotopic (exact) mass is 282 g/mol. The molecular formula is C14H22N2O2S. The molecule has 0 aromatic heterocycles. The number of sulfonamides is 1. The van der Waals surface area contributed by atoms with Crippen LogP contribution in [0.5, 0.6) is 0 Å². The fourth-order valence-corrected chi connectivity index (χ4v) is 4.01. The zero-order valence-corrected chi connectivity index (χ0v) is 12.3. The summed E-state index contributed by atoms with van der Waals surface area (Å²) in [6.07, 6.45) is 3.42. The van der Waals surface area contributed by atoms with Gasteiger partial charge in [0, 0.05) is 12.2 Å². The van der Waals surface area contributed by atoms with Crippen LogP contribution in [-0.4, -0.2) is 15.0 Å². The molecule has 3 N–H and O–H groups in total. The maximum atomic E-state index is 12.2. The number of rotatable bonds is 4. The maximum absolute atomic E-state index is 12.2. The van der Waals surface area contributed by atoms with E-state index >= 15 is 0 Å². The lowest BCUT2D eigenvalue weighted by Crippen LogP contribution is -2.28. The molecule has 106 valence electrons. The zero-order valence-electron chi connectivity index (χ0n) is 11.5. The van der Waals surface area contributed by atoms with Crippen molar-refractivity contribution in [3.05, 3.63) is 23.8 Å². The summed E-state index contributed by atoms with van der Waals surface area (Å²) in [6.45, 7) is 4.59. The summed E-state index contributed by atoms with van der Waals surface area (Å²) in [5, 5.41) is 0. The van der Waals surface area contributed by atoms with Crippen molar-refractivity contribution in [2.45, 2.75) is 38.0 Å². The Labute approximate surface area is 115 Å². The molecule has 0 bridgehead atoms. The van der Waals surface area contributed by atoms with Gasteiger partial charge in [0.05, 0.1) is 4.90 Å². The number of anilines is 1. The molecule has 5 heteroatoms. The minimum Gasteiger partial charge on any atom is -0.399 e. The van der Waals surface area contributed by atoms with Gasteiger partial charge in [-0.1, -0.05) is 13.3 Å². The number of hydrogen-bond acceptors (Lipinski definition) is 3. The first-order valence-electron chi connectivity index (χ1n) is 6.73. The first kappa shape index (κ1) is 14.3. The van der Waals surface area contributed by atoms with Crippen molar-refractivity contribution in [2.75, 3.05) is 12.3 Å². The molecule has 1 fully saturated rings. The molecule has 1 aliphatic rings. The summed E-state index contributed by atoms with van der Waals surface area (Å²) in [6, 6.07) is 4.92. The third-order valence-corrected chi connectivity index (χ3v) is 5.15. The van der Waals surface area contributed by atoms with E-state index in [4.69, 9.17) is 5.73 Å². The van der Waals surface area contributed by atoms with E-state index in [9.17, 15) is 8.42 Å². The van der Waals surface area contributed by atoms with Crippen LogP contribution in [0.1, 0.15) is 31.7 Å². The van der Waals surface area contributed by atoms with Gasteiger partial charge in [-0.15, -0.1) is 0 Å². The molecule has 0 heterocycles. The average molecular weight is 282 g/mol. The molecule has 2 unspecified atom stereocenters. The molecule has 2 atom stereocenters. The number of nitrogen functional groups attached to an aromatic ring is 1. The summed E-state index contributed by atoms with van der Waals surface area (Å²) in [5.41, 5.74) is 7.04. The van der Waals surface area contributed by atoms with Gasteiger partial charge in [0.2, 0.25) is 10.0 Å². The fraction of sp³-hybridized carbons (Fsp3) is 0.571. The van der Waals surface area contributed by atoms with E-state index in [0.29, 0.717) is 24.1 Å². The Balaban J connectivity index is 2.05. The Hall–Kier alpha value is -1.07. The summed E-state index contributed by atoms with van der Waals surface area (Å²) in [5.74, 6) is 1.18. The topological polar surface area (TPSA) is 72.2 Å². The van der Waals surface area contributed by atoms with Crippen LogP contribution in [0.3, 0.4) is 0 Å². The Bertz CT molecular complexity index is 534. The molecular weight excluding hydrogens is 260 g/mol. The first-order chi connectivity index (χ1) is 8.87. The molecule has 0 spiro atoms. The molecule has 0 amide bonds. The lowest BCUT2D eigenvalue weighted by atomic mass is 10.1. The van der Waals surface area contributed by atoms with Crippen molar-refractivity contribution in [3.8, 4) is 0 Å². The van der Waals surface area contributed by atoms with Crippen molar-refractivity contribution in [1.29, 1.82) is 0 Å². The number of aryl methyl sites for hydroxylation is 1. The second-order valence-electron chi connectivity index (χ2n) is 5.72. The van der Waals surface area contributed by atoms with Crippen molar-refractivity contribution < 1.29 is 8.42 Å². The molecule has 1 aromatic rings. The number of nitrogens with two attached hydrogens (primary N) is 1. The molecule has 1 aliphatic carbocycles. The predicted molar refractivity (Wildman–Crippen MR) is 77.3 cm³/mol. The molecule has 4 nitrogen and oxygen atoms in total. The van der Waals surface area contributed by atoms with Crippen LogP contribution in [-0.2, 0) is 10.0 Å². The standard InChI is InChI=1S/C14H22N2O2S/c1-10-3-4-12(5-10)9-16-19(17,18)14-7-11(2)6-13(15)8-14/h6-8,10,12,16H,3-5,9,15H2,1-2H3. The molecule has 1 aromatic carbocycles. The van der Waals surface area contributed by atoms with Crippen molar-refractivity contribution in [1.82, 2.24) is 4.72 Å². The van der Waals surface area contributed by atoms with Crippen LogP contribution in [0.4, 0.5) is 5.69 Å². The normalized spacial score (nSPS) is 23.7. The van der Waals surface area contributed by atoms with E-state index in [1.807, 2.05) is 6.92 Å². The van der Waals surface area contributed by atoms with E-state index < -0.39 is 10.0 Å². The predicted octanol–water partition coefficient (Wildman–Crippen LogP) is 2.29. The quantitative estimate of drug-likeness (QED) is 0.832. The van der Waals surface area contributed by atoms with Crippen LogP contribution in [0, 0.1) is 18.8 Å². The molecule has 19 heavy (non-hydrogen) atoms. The highest BCUT2D eigenvalue weighted by molar-refractivity contribution is 7.89. The van der Waals surface area contributed by atoms with Gasteiger partial charge in [-0.3, -0.25) is 0 Å². The van der Waals surface area contributed by atoms with Gasteiger partial charge in [-0.25, -0.2) is 13.1 Å². The summed E-state index contributed by atoms with van der Waals surface area (Å²) in [7, 11) is -3.44. The minimum atomic E-state index is -3.44. The highest BCUT2D eigenvalue weighted by Crippen LogP contribution is 2.30. The highest BCUT2D eigenvalue weighted by Gasteiger charge is 2.23. The van der Waals surface area contributed by atoms with Crippen LogP contribution >= 0.6 is 0 Å². The SMILES string of the molecule is Cc1cc(N)cc(S(=O)(=O)NCC2CCC(C)C2)c1. The van der Waals surface area contributed by atoms with Crippen molar-refractivity contribution >= 4 is 15.7 Å². The highest BCUT2D eigenvalue weighted by atomic mass is 32.2. The largest absolute Gasteiger partial charge is 0.399 e. The zero-order chi connectivity index (χ0) is 14.0. The second-order valence-corrected chi connectivity index (χ2v) is 7.48. The van der Waals surface area contributed by atoms with Gasteiger partial charge in [0.1, 0.15) is 0 Å². The van der Waals surface area contributed by atoms with Crippen LogP contribution in [0.15, 0.2) is 23.1 Å². The van der Waals surface area contributed by atoms with E-state index in [0.717, 1.165) is 18.4 Å². The van der Waals surface area contributed by atoms with Crippen LogP contribution < -0.4 is 10.5 Å². The first-order valence-corrected chi connectivity index (χ1v) is 8.22. The fourth-order valence-electron chi connectivity index (χ4n) is 2.75. The number of hydrogen-bond donors (Lipinski definition) is 2. The molecule has 0 saturated heterocycles. The van der Waals surface area contributed by atoms with Gasteiger partial charge in [0.15, 0.2) is 0 Å². The number of benzene rings is 1. The van der Waals surface area contributed by atoms with Gasteiger partial charge < -0.3 is 5.73 Å². The lowest BCUT2D eigenvalue weighted by molar-refractivity contribution is 0.498. The Kier molecular flexibility index (Phi) is 4.16. The van der Waals surface area contributed by atoms with Crippen LogP contribution in [0.2, 0.25) is 0 Å². The van der Waals surface area contributed by atoms with E-state index in [2.05, 4.69) is 11.6 Å². The Morgan fingerprint density at radius 1 is 1.32 bits per heavy atom. The molecule has 1 saturated carbocycles. The second kappa shape index (κ2) is 5.51. The third-order valence-electron chi connectivity index (χ3n) is 3.75. The molecule has 0 radical (unpaired) electrons. The number of nitrogens with one attached hydrogen (secondary N) is 1. The van der Waals surface area contributed by atoms with E-state index in [-0.39, 0.29) is 4.90 Å². The summed E-state index contributed by atoms with van der Waals surface area (Å²) in [4.78, 5) is 0.260.